The minimum Gasteiger partial charge on any atom is -0.379 e. The molecule has 84 valence electrons. The lowest BCUT2D eigenvalue weighted by Gasteiger charge is -2.18. The van der Waals surface area contributed by atoms with Gasteiger partial charge in [0.25, 0.3) is 0 Å². The second-order valence-electron chi connectivity index (χ2n) is 3.06. The molecule has 1 unspecified atom stereocenters. The van der Waals surface area contributed by atoms with Crippen LogP contribution >= 0.6 is 11.6 Å². The van der Waals surface area contributed by atoms with E-state index >= 15 is 0 Å². The highest BCUT2D eigenvalue weighted by Crippen LogP contribution is 2.37. The minimum atomic E-state index is -4.76. The third kappa shape index (κ3) is 2.38. The number of hydrogen-bond donors (Lipinski definition) is 1. The summed E-state index contributed by atoms with van der Waals surface area (Å²) in [5, 5.41) is 15.5. The molecule has 0 bridgehead atoms. The lowest BCUT2D eigenvalue weighted by atomic mass is 10.0. The quantitative estimate of drug-likeness (QED) is 0.820. The lowest BCUT2D eigenvalue weighted by molar-refractivity contribution is -0.207. The molecule has 1 heterocycles. The molecule has 0 aliphatic carbocycles. The zero-order valence-corrected chi connectivity index (χ0v) is 8.69. The highest BCUT2D eigenvalue weighted by Gasteiger charge is 2.42. The molecular formula is C8H8ClF3N2O. The number of hydrogen-bond acceptors (Lipinski definition) is 3. The number of aliphatic hydroxyl groups is 1. The van der Waals surface area contributed by atoms with Gasteiger partial charge in [-0.05, 0) is 19.4 Å². The van der Waals surface area contributed by atoms with E-state index in [4.69, 9.17) is 16.7 Å². The van der Waals surface area contributed by atoms with Crippen molar-refractivity contribution in [3.05, 3.63) is 22.0 Å². The van der Waals surface area contributed by atoms with Gasteiger partial charge in [0.15, 0.2) is 11.3 Å². The standard InChI is InChI=1S/C8H8ClF3N2O/c1-3-4(2)13-14-7(9)5(3)6(15)8(10,11)12/h6,15H,1-2H3. The maximum absolute atomic E-state index is 12.3. The molecule has 1 aromatic heterocycles. The zero-order chi connectivity index (χ0) is 11.8. The Morgan fingerprint density at radius 1 is 1.27 bits per heavy atom. The normalized spacial score (nSPS) is 14.1. The molecule has 0 radical (unpaired) electrons. The van der Waals surface area contributed by atoms with Gasteiger partial charge in [-0.15, -0.1) is 5.10 Å². The number of alkyl halides is 3. The molecule has 0 aliphatic rings. The first-order valence-electron chi connectivity index (χ1n) is 3.99. The molecule has 0 saturated carbocycles. The van der Waals surface area contributed by atoms with Gasteiger partial charge in [0.05, 0.1) is 5.69 Å². The maximum Gasteiger partial charge on any atom is 0.418 e. The largest absolute Gasteiger partial charge is 0.418 e. The van der Waals surface area contributed by atoms with Crippen molar-refractivity contribution in [3.63, 3.8) is 0 Å². The Hall–Kier alpha value is -0.880. The summed E-state index contributed by atoms with van der Waals surface area (Å²) in [4.78, 5) is 0. The summed E-state index contributed by atoms with van der Waals surface area (Å²) in [6, 6.07) is 0. The van der Waals surface area contributed by atoms with Crippen LogP contribution in [-0.4, -0.2) is 21.5 Å². The molecular weight excluding hydrogens is 233 g/mol. The third-order valence-electron chi connectivity index (χ3n) is 2.04. The Bertz CT molecular complexity index is 381. The van der Waals surface area contributed by atoms with Crippen LogP contribution in [0.25, 0.3) is 0 Å². The Kier molecular flexibility index (Phi) is 3.20. The molecule has 1 rings (SSSR count). The fourth-order valence-corrected chi connectivity index (χ4v) is 1.36. The highest BCUT2D eigenvalue weighted by atomic mass is 35.5. The zero-order valence-electron chi connectivity index (χ0n) is 7.93. The summed E-state index contributed by atoms with van der Waals surface area (Å²) >= 11 is 5.47. The molecule has 1 atom stereocenters. The summed E-state index contributed by atoms with van der Waals surface area (Å²) in [6.07, 6.45) is -7.39. The molecule has 3 nitrogen and oxygen atoms in total. The fourth-order valence-electron chi connectivity index (χ4n) is 1.08. The van der Waals surface area contributed by atoms with Gasteiger partial charge in [0.2, 0.25) is 0 Å². The molecule has 0 fully saturated rings. The summed E-state index contributed by atoms with van der Waals surface area (Å²) < 4.78 is 36.8. The Morgan fingerprint density at radius 2 is 1.80 bits per heavy atom. The van der Waals surface area contributed by atoms with Crippen LogP contribution in [0.1, 0.15) is 22.9 Å². The first kappa shape index (κ1) is 12.2. The molecule has 0 spiro atoms. The van der Waals surface area contributed by atoms with Crippen molar-refractivity contribution in [2.75, 3.05) is 0 Å². The molecule has 1 aromatic rings. The van der Waals surface area contributed by atoms with Crippen molar-refractivity contribution < 1.29 is 18.3 Å². The summed E-state index contributed by atoms with van der Waals surface area (Å²) in [6.45, 7) is 2.89. The average Bonchev–Trinajstić information content (AvgIpc) is 2.10. The fraction of sp³-hybridized carbons (Fsp3) is 0.500. The van der Waals surface area contributed by atoms with Gasteiger partial charge < -0.3 is 5.11 Å². The Morgan fingerprint density at radius 3 is 2.27 bits per heavy atom. The Balaban J connectivity index is 3.31. The minimum absolute atomic E-state index is 0.194. The summed E-state index contributed by atoms with van der Waals surface area (Å²) in [5.74, 6) is 0. The van der Waals surface area contributed by atoms with E-state index in [1.54, 1.807) is 0 Å². The van der Waals surface area contributed by atoms with Crippen LogP contribution in [0.15, 0.2) is 0 Å². The van der Waals surface area contributed by atoms with E-state index in [0.29, 0.717) is 5.69 Å². The summed E-state index contributed by atoms with van der Waals surface area (Å²) in [7, 11) is 0. The molecule has 1 N–H and O–H groups in total. The van der Waals surface area contributed by atoms with Crippen LogP contribution < -0.4 is 0 Å². The number of aryl methyl sites for hydroxylation is 1. The van der Waals surface area contributed by atoms with Crippen molar-refractivity contribution in [1.29, 1.82) is 0 Å². The van der Waals surface area contributed by atoms with Crippen LogP contribution in [0.4, 0.5) is 13.2 Å². The van der Waals surface area contributed by atoms with Gasteiger partial charge in [0.1, 0.15) is 0 Å². The number of halogens is 4. The SMILES string of the molecule is Cc1nnc(Cl)c(C(O)C(F)(F)F)c1C. The van der Waals surface area contributed by atoms with Crippen molar-refractivity contribution in [2.45, 2.75) is 26.1 Å². The second kappa shape index (κ2) is 3.94. The van der Waals surface area contributed by atoms with E-state index < -0.39 is 23.0 Å². The first-order valence-corrected chi connectivity index (χ1v) is 4.37. The van der Waals surface area contributed by atoms with Crippen LogP contribution in [0.3, 0.4) is 0 Å². The highest BCUT2D eigenvalue weighted by molar-refractivity contribution is 6.30. The molecule has 0 aliphatic heterocycles. The molecule has 7 heteroatoms. The van der Waals surface area contributed by atoms with E-state index in [-0.39, 0.29) is 5.56 Å². The van der Waals surface area contributed by atoms with Gasteiger partial charge in [-0.1, -0.05) is 11.6 Å². The van der Waals surface area contributed by atoms with Gasteiger partial charge >= 0.3 is 6.18 Å². The summed E-state index contributed by atoms with van der Waals surface area (Å²) in [5.41, 5.74) is 0.0641. The van der Waals surface area contributed by atoms with Crippen molar-refractivity contribution in [3.8, 4) is 0 Å². The number of aliphatic hydroxyl groups excluding tert-OH is 1. The van der Waals surface area contributed by atoms with Crippen molar-refractivity contribution in [1.82, 2.24) is 10.2 Å². The Labute approximate surface area is 88.9 Å². The lowest BCUT2D eigenvalue weighted by Crippen LogP contribution is -2.22. The maximum atomic E-state index is 12.3. The van der Waals surface area contributed by atoms with E-state index in [0.717, 1.165) is 0 Å². The van der Waals surface area contributed by atoms with E-state index in [2.05, 4.69) is 10.2 Å². The van der Waals surface area contributed by atoms with Gasteiger partial charge in [0, 0.05) is 5.56 Å². The monoisotopic (exact) mass is 240 g/mol. The van der Waals surface area contributed by atoms with Gasteiger partial charge in [-0.3, -0.25) is 0 Å². The predicted molar refractivity (Wildman–Crippen MR) is 47.5 cm³/mol. The van der Waals surface area contributed by atoms with Crippen molar-refractivity contribution >= 4 is 11.6 Å². The number of rotatable bonds is 1. The van der Waals surface area contributed by atoms with Crippen molar-refractivity contribution in [2.24, 2.45) is 0 Å². The predicted octanol–water partition coefficient (Wildman–Crippen LogP) is 2.34. The molecule has 0 saturated heterocycles. The van der Waals surface area contributed by atoms with E-state index in [1.165, 1.54) is 13.8 Å². The van der Waals surface area contributed by atoms with Gasteiger partial charge in [-0.25, -0.2) is 0 Å². The van der Waals surface area contributed by atoms with Crippen LogP contribution in [0.2, 0.25) is 5.15 Å². The molecule has 15 heavy (non-hydrogen) atoms. The first-order chi connectivity index (χ1) is 6.75. The average molecular weight is 241 g/mol. The molecule has 0 aromatic carbocycles. The van der Waals surface area contributed by atoms with Crippen LogP contribution in [0, 0.1) is 13.8 Å². The second-order valence-corrected chi connectivity index (χ2v) is 3.42. The number of nitrogens with zero attached hydrogens (tertiary/aromatic N) is 2. The van der Waals surface area contributed by atoms with Crippen LogP contribution in [0.5, 0.6) is 0 Å². The topological polar surface area (TPSA) is 46.0 Å². The smallest absolute Gasteiger partial charge is 0.379 e. The molecule has 0 amide bonds. The number of aromatic nitrogens is 2. The van der Waals surface area contributed by atoms with Gasteiger partial charge in [-0.2, -0.15) is 18.3 Å². The third-order valence-corrected chi connectivity index (χ3v) is 2.32. The van der Waals surface area contributed by atoms with Crippen LogP contribution in [-0.2, 0) is 0 Å². The van der Waals surface area contributed by atoms with E-state index in [1.807, 2.05) is 0 Å². The van der Waals surface area contributed by atoms with E-state index in [9.17, 15) is 13.2 Å².